The number of aryl methyl sites for hydroxylation is 1. The van der Waals surface area contributed by atoms with Gasteiger partial charge in [-0.25, -0.2) is 0 Å². The van der Waals surface area contributed by atoms with Crippen molar-refractivity contribution in [3.63, 3.8) is 0 Å². The second-order valence-corrected chi connectivity index (χ2v) is 14.4. The van der Waals surface area contributed by atoms with Gasteiger partial charge in [0.05, 0.1) is 0 Å². The van der Waals surface area contributed by atoms with E-state index in [0.717, 1.165) is 9.52 Å². The SMILES string of the molecule is CC(C)c1cc2c(-c3cccc4ccccc34)cccc2[cH-]1.C[Si]C.Cc1cc2c(-c3ccc(C(C)(C)C)cc3)cccc2[cH-]1.[Zr+2]. The summed E-state index contributed by atoms with van der Waals surface area (Å²) in [6.07, 6.45) is 0. The molecule has 0 unspecified atom stereocenters. The molecule has 2 radical (unpaired) electrons. The van der Waals surface area contributed by atoms with Crippen LogP contribution in [0.2, 0.25) is 13.1 Å². The van der Waals surface area contributed by atoms with Crippen LogP contribution >= 0.6 is 0 Å². The molecule has 0 aromatic heterocycles. The van der Waals surface area contributed by atoms with Crippen LogP contribution < -0.4 is 0 Å². The van der Waals surface area contributed by atoms with E-state index in [9.17, 15) is 0 Å². The van der Waals surface area contributed by atoms with Gasteiger partial charge >= 0.3 is 26.2 Å². The molecule has 7 aromatic rings. The van der Waals surface area contributed by atoms with Crippen molar-refractivity contribution < 1.29 is 26.2 Å². The Morgan fingerprint density at radius 2 is 1.11 bits per heavy atom. The van der Waals surface area contributed by atoms with Crippen LogP contribution in [0.3, 0.4) is 0 Å². The van der Waals surface area contributed by atoms with Crippen LogP contribution in [-0.4, -0.2) is 9.52 Å². The van der Waals surface area contributed by atoms with Crippen LogP contribution in [0.1, 0.15) is 57.2 Å². The van der Waals surface area contributed by atoms with Crippen LogP contribution in [-0.2, 0) is 31.6 Å². The molecule has 0 atom stereocenters. The summed E-state index contributed by atoms with van der Waals surface area (Å²) in [6.45, 7) is 17.7. The fourth-order valence-electron chi connectivity index (χ4n) is 6.07. The number of hydrogen-bond acceptors (Lipinski definition) is 0. The van der Waals surface area contributed by atoms with Gasteiger partial charge in [-0.3, -0.25) is 0 Å². The summed E-state index contributed by atoms with van der Waals surface area (Å²) in [4.78, 5) is 0. The Hall–Kier alpha value is -3.32. The minimum Gasteiger partial charge on any atom is -0.165 e. The number of hydrogen-bond donors (Lipinski definition) is 0. The van der Waals surface area contributed by atoms with E-state index in [-0.39, 0.29) is 31.6 Å². The van der Waals surface area contributed by atoms with Gasteiger partial charge in [-0.15, -0.1) is 69.1 Å². The van der Waals surface area contributed by atoms with E-state index in [1.165, 1.54) is 71.3 Å². The van der Waals surface area contributed by atoms with E-state index in [0.29, 0.717) is 5.92 Å². The molecule has 0 aliphatic carbocycles. The van der Waals surface area contributed by atoms with Crippen molar-refractivity contribution in [2.45, 2.75) is 66.0 Å². The van der Waals surface area contributed by atoms with Crippen molar-refractivity contribution in [3.8, 4) is 22.3 Å². The predicted octanol–water partition coefficient (Wildman–Crippen LogP) is 13.1. The molecule has 0 heterocycles. The van der Waals surface area contributed by atoms with Crippen molar-refractivity contribution in [1.29, 1.82) is 0 Å². The standard InChI is InChI=1S/C22H19.C20H21.C2H6Si.Zr/c1-15(2)18-13-17-9-6-12-21(22(17)14-18)20-11-5-8-16-7-3-4-10-19(16)20;1-14-12-16-6-5-7-18(19(16)13-14)15-8-10-17(11-9-15)20(2,3)4;1-3-2;/h3-15H,1-2H3;5-13H,1-4H3;1-2H3;/q2*-1;;+2. The Morgan fingerprint density at radius 1 is 0.587 bits per heavy atom. The summed E-state index contributed by atoms with van der Waals surface area (Å²) < 4.78 is 0. The van der Waals surface area contributed by atoms with Crippen LogP contribution in [0, 0.1) is 6.92 Å². The first-order chi connectivity index (χ1) is 21.6. The third kappa shape index (κ3) is 7.96. The summed E-state index contributed by atoms with van der Waals surface area (Å²) in [5.74, 6) is 0.563. The van der Waals surface area contributed by atoms with Gasteiger partial charge in [-0.1, -0.05) is 145 Å². The van der Waals surface area contributed by atoms with Gasteiger partial charge in [0.1, 0.15) is 0 Å². The zero-order valence-electron chi connectivity index (χ0n) is 28.7. The molecule has 0 nitrogen and oxygen atoms in total. The first-order valence-corrected chi connectivity index (χ1v) is 18.1. The molecule has 230 valence electrons. The second-order valence-electron chi connectivity index (χ2n) is 13.4. The average Bonchev–Trinajstić information content (AvgIpc) is 3.64. The maximum absolute atomic E-state index is 2.36. The van der Waals surface area contributed by atoms with Gasteiger partial charge in [0, 0.05) is 9.52 Å². The van der Waals surface area contributed by atoms with Crippen LogP contribution in [0.4, 0.5) is 0 Å². The Balaban J connectivity index is 0.000000190. The summed E-state index contributed by atoms with van der Waals surface area (Å²) in [5, 5.41) is 8.02. The van der Waals surface area contributed by atoms with Crippen molar-refractivity contribution in [1.82, 2.24) is 0 Å². The fourth-order valence-corrected chi connectivity index (χ4v) is 6.07. The van der Waals surface area contributed by atoms with Gasteiger partial charge in [0.25, 0.3) is 0 Å². The third-order valence-electron chi connectivity index (χ3n) is 8.48. The minimum absolute atomic E-state index is 0. The van der Waals surface area contributed by atoms with Crippen LogP contribution in [0.5, 0.6) is 0 Å². The fraction of sp³-hybridized carbons (Fsp3) is 0.227. The predicted molar refractivity (Wildman–Crippen MR) is 202 cm³/mol. The Labute approximate surface area is 298 Å². The molecule has 0 N–H and O–H groups in total. The quantitative estimate of drug-likeness (QED) is 0.128. The van der Waals surface area contributed by atoms with E-state index >= 15 is 0 Å². The minimum atomic E-state index is 0. The van der Waals surface area contributed by atoms with Gasteiger partial charge < -0.3 is 0 Å². The van der Waals surface area contributed by atoms with Crippen LogP contribution in [0.15, 0.2) is 127 Å². The summed E-state index contributed by atoms with van der Waals surface area (Å²) in [5.41, 5.74) is 9.63. The molecule has 0 saturated carbocycles. The van der Waals surface area contributed by atoms with E-state index < -0.39 is 0 Å². The molecule has 0 bridgehead atoms. The zero-order chi connectivity index (χ0) is 32.1. The first kappa shape index (κ1) is 35.5. The maximum atomic E-state index is 2.36. The van der Waals surface area contributed by atoms with Crippen LogP contribution in [0.25, 0.3) is 54.6 Å². The maximum Gasteiger partial charge on any atom is 2.00 e. The monoisotopic (exact) mass is 692 g/mol. The third-order valence-corrected chi connectivity index (χ3v) is 8.48. The molecule has 0 aliphatic rings. The van der Waals surface area contributed by atoms with Crippen molar-refractivity contribution in [3.05, 3.63) is 144 Å². The molecule has 0 saturated heterocycles. The molecule has 46 heavy (non-hydrogen) atoms. The molecule has 0 amide bonds. The molecule has 0 fully saturated rings. The molecule has 7 rings (SSSR count). The Kier molecular flexibility index (Phi) is 12.0. The van der Waals surface area contributed by atoms with Gasteiger partial charge in [0.15, 0.2) is 0 Å². The Morgan fingerprint density at radius 3 is 1.74 bits per heavy atom. The van der Waals surface area contributed by atoms with Crippen molar-refractivity contribution >= 4 is 41.8 Å². The molecule has 0 aliphatic heterocycles. The van der Waals surface area contributed by atoms with Crippen molar-refractivity contribution in [2.24, 2.45) is 0 Å². The number of benzene rings is 5. The molecule has 7 aromatic carbocycles. The largest absolute Gasteiger partial charge is 2.00 e. The summed E-state index contributed by atoms with van der Waals surface area (Å²) in [6, 6.07) is 46.6. The topological polar surface area (TPSA) is 0 Å². The van der Waals surface area contributed by atoms with E-state index in [2.05, 4.69) is 182 Å². The second kappa shape index (κ2) is 15.5. The smallest absolute Gasteiger partial charge is 0.165 e. The normalized spacial score (nSPS) is 11.2. The Bertz CT molecular complexity index is 2010. The van der Waals surface area contributed by atoms with Gasteiger partial charge in [0.2, 0.25) is 0 Å². The number of rotatable bonds is 3. The number of fused-ring (bicyclic) bond motifs is 3. The summed E-state index contributed by atoms with van der Waals surface area (Å²) in [7, 11) is 1.08. The van der Waals surface area contributed by atoms with E-state index in [1.807, 2.05) is 0 Å². The average molecular weight is 694 g/mol. The molecule has 0 spiro atoms. The first-order valence-electron chi connectivity index (χ1n) is 16.1. The van der Waals surface area contributed by atoms with E-state index in [4.69, 9.17) is 0 Å². The molecular weight excluding hydrogens is 648 g/mol. The molecule has 2 heteroatoms. The van der Waals surface area contributed by atoms with Gasteiger partial charge in [-0.05, 0) is 38.8 Å². The zero-order valence-corrected chi connectivity index (χ0v) is 32.2. The van der Waals surface area contributed by atoms with Gasteiger partial charge in [-0.2, -0.15) is 12.1 Å². The summed E-state index contributed by atoms with van der Waals surface area (Å²) >= 11 is 0. The molecular formula is C44H46SiZr. The van der Waals surface area contributed by atoms with E-state index in [1.54, 1.807) is 0 Å². The van der Waals surface area contributed by atoms with Crippen molar-refractivity contribution in [2.75, 3.05) is 0 Å².